The second-order valence-electron chi connectivity index (χ2n) is 15.7. The van der Waals surface area contributed by atoms with Crippen molar-refractivity contribution in [1.82, 2.24) is 28.9 Å². The van der Waals surface area contributed by atoms with E-state index in [1.54, 1.807) is 49.9 Å². The molecule has 7 rings (SSSR count). The molecule has 2 fully saturated rings. The summed E-state index contributed by atoms with van der Waals surface area (Å²) < 4.78 is 8.63. The fourth-order valence-electron chi connectivity index (χ4n) is 7.69. The van der Waals surface area contributed by atoms with Gasteiger partial charge in [0.2, 0.25) is 5.91 Å². The first-order valence-corrected chi connectivity index (χ1v) is 19.4. The van der Waals surface area contributed by atoms with Crippen molar-refractivity contribution in [2.45, 2.75) is 70.6 Å². The van der Waals surface area contributed by atoms with Gasteiger partial charge in [0.05, 0.1) is 22.4 Å². The molecule has 0 aliphatic carbocycles. The zero-order valence-electron chi connectivity index (χ0n) is 31.8. The van der Waals surface area contributed by atoms with Gasteiger partial charge in [0.25, 0.3) is 11.5 Å². The van der Waals surface area contributed by atoms with Crippen LogP contribution in [0.4, 0.5) is 10.6 Å². The standard InChI is InChI=1S/C41H47N7O6S/c1-26-21-32(55-34(26)28-11-16-42-33(22-28)44-39(52)54-40(2,3)4)38(51)47-18-13-29(31(23-47)27-9-7-6-8-10-27)36(49)46-19-14-41(53,15-20-46)24-48-25-43-35-30(37(48)50)12-17-45(35)5/h6-12,16-17,21-22,25,29,31,53H,13-15,18-20,23-24H2,1-5H3,(H,42,44,52)/t29-,31+/m1/s1. The molecule has 6 heterocycles. The molecule has 0 bridgehead atoms. The second-order valence-corrected chi connectivity index (χ2v) is 16.8. The number of ether oxygens (including phenoxy) is 1. The summed E-state index contributed by atoms with van der Waals surface area (Å²) in [5, 5.41) is 14.7. The van der Waals surface area contributed by atoms with Crippen LogP contribution in [0, 0.1) is 12.8 Å². The van der Waals surface area contributed by atoms with Gasteiger partial charge in [-0.05, 0) is 87.9 Å². The lowest BCUT2D eigenvalue weighted by molar-refractivity contribution is -0.142. The molecule has 5 aromatic rings. The molecule has 2 saturated heterocycles. The average molecular weight is 766 g/mol. The van der Waals surface area contributed by atoms with Crippen molar-refractivity contribution < 1.29 is 24.2 Å². The van der Waals surface area contributed by atoms with Crippen molar-refractivity contribution in [1.29, 1.82) is 0 Å². The molecule has 3 amide bonds. The summed E-state index contributed by atoms with van der Waals surface area (Å²) in [5.41, 5.74) is 1.35. The van der Waals surface area contributed by atoms with Crippen molar-refractivity contribution in [3.63, 3.8) is 0 Å². The molecule has 2 N–H and O–H groups in total. The number of amides is 3. The Morgan fingerprint density at radius 1 is 1.02 bits per heavy atom. The van der Waals surface area contributed by atoms with Crippen LogP contribution in [0.2, 0.25) is 0 Å². The Bertz CT molecular complexity index is 2280. The number of nitrogens with zero attached hydrogens (tertiary/aromatic N) is 6. The van der Waals surface area contributed by atoms with Crippen LogP contribution in [-0.2, 0) is 23.1 Å². The highest BCUT2D eigenvalue weighted by atomic mass is 32.1. The van der Waals surface area contributed by atoms with Crippen molar-refractivity contribution in [2.24, 2.45) is 13.0 Å². The van der Waals surface area contributed by atoms with Gasteiger partial charge in [-0.25, -0.2) is 14.8 Å². The van der Waals surface area contributed by atoms with E-state index in [9.17, 15) is 24.3 Å². The Kier molecular flexibility index (Phi) is 10.4. The lowest BCUT2D eigenvalue weighted by Crippen LogP contribution is -2.53. The number of piperidine rings is 2. The Labute approximate surface area is 323 Å². The highest BCUT2D eigenvalue weighted by molar-refractivity contribution is 7.17. The average Bonchev–Trinajstić information content (AvgIpc) is 3.74. The lowest BCUT2D eigenvalue weighted by Gasteiger charge is -2.43. The molecule has 55 heavy (non-hydrogen) atoms. The number of fused-ring (bicyclic) bond motifs is 1. The van der Waals surface area contributed by atoms with Gasteiger partial charge in [0.1, 0.15) is 23.4 Å². The molecular formula is C41H47N7O6S. The summed E-state index contributed by atoms with van der Waals surface area (Å²) in [6, 6.07) is 17.1. The molecule has 2 aliphatic rings. The number of carbonyl (C=O) groups excluding carboxylic acids is 3. The quantitative estimate of drug-likeness (QED) is 0.211. The maximum absolute atomic E-state index is 14.3. The van der Waals surface area contributed by atoms with Crippen LogP contribution in [-0.4, -0.2) is 89.3 Å². The number of aromatic nitrogens is 4. The Morgan fingerprint density at radius 3 is 2.49 bits per heavy atom. The smallest absolute Gasteiger partial charge is 0.413 e. The molecule has 2 aliphatic heterocycles. The predicted molar refractivity (Wildman–Crippen MR) is 211 cm³/mol. The SMILES string of the molecule is Cc1cc(C(=O)N2CC[C@@H](C(=O)N3CCC(O)(Cn4cnc5c(ccn5C)c4=O)CC3)[C@H](c3ccccc3)C2)sc1-c1ccnc(NC(=O)OC(C)(C)C)c1. The van der Waals surface area contributed by atoms with E-state index < -0.39 is 17.3 Å². The third kappa shape index (κ3) is 8.20. The van der Waals surface area contributed by atoms with Crippen LogP contribution in [0.5, 0.6) is 0 Å². The minimum atomic E-state index is -1.15. The van der Waals surface area contributed by atoms with Crippen molar-refractivity contribution in [2.75, 3.05) is 31.5 Å². The molecule has 1 aromatic carbocycles. The van der Waals surface area contributed by atoms with Crippen LogP contribution in [0.1, 0.15) is 66.8 Å². The summed E-state index contributed by atoms with van der Waals surface area (Å²) in [4.78, 5) is 67.7. The lowest BCUT2D eigenvalue weighted by atomic mass is 9.79. The van der Waals surface area contributed by atoms with Crippen molar-refractivity contribution >= 4 is 46.1 Å². The largest absolute Gasteiger partial charge is 0.444 e. The van der Waals surface area contributed by atoms with Crippen LogP contribution in [0.3, 0.4) is 0 Å². The first-order chi connectivity index (χ1) is 26.2. The van der Waals surface area contributed by atoms with E-state index in [1.807, 2.05) is 66.2 Å². The van der Waals surface area contributed by atoms with E-state index in [2.05, 4.69) is 15.3 Å². The van der Waals surface area contributed by atoms with E-state index in [-0.39, 0.29) is 35.8 Å². The predicted octanol–water partition coefficient (Wildman–Crippen LogP) is 5.81. The molecule has 0 saturated carbocycles. The Balaban J connectivity index is 1.03. The number of hydrogen-bond donors (Lipinski definition) is 2. The molecule has 0 spiro atoms. The monoisotopic (exact) mass is 765 g/mol. The number of aryl methyl sites for hydroxylation is 2. The maximum atomic E-state index is 14.3. The zero-order chi connectivity index (χ0) is 39.1. The normalized spacial score (nSPS) is 18.7. The van der Waals surface area contributed by atoms with Crippen LogP contribution >= 0.6 is 11.3 Å². The van der Waals surface area contributed by atoms with Crippen LogP contribution in [0.15, 0.2) is 78.1 Å². The number of nitrogens with one attached hydrogen (secondary N) is 1. The Morgan fingerprint density at radius 2 is 1.76 bits per heavy atom. The van der Waals surface area contributed by atoms with E-state index in [1.165, 1.54) is 22.2 Å². The molecule has 0 radical (unpaired) electrons. The molecule has 13 nitrogen and oxygen atoms in total. The second kappa shape index (κ2) is 15.1. The fourth-order valence-corrected chi connectivity index (χ4v) is 8.83. The van der Waals surface area contributed by atoms with Gasteiger partial charge in [0.15, 0.2) is 0 Å². The van der Waals surface area contributed by atoms with Gasteiger partial charge in [0, 0.05) is 62.3 Å². The van der Waals surface area contributed by atoms with Crippen LogP contribution in [0.25, 0.3) is 21.5 Å². The highest BCUT2D eigenvalue weighted by Gasteiger charge is 2.42. The summed E-state index contributed by atoms with van der Waals surface area (Å²) in [5.74, 6) is -0.264. The minimum Gasteiger partial charge on any atom is -0.444 e. The van der Waals surface area contributed by atoms with E-state index in [4.69, 9.17) is 4.74 Å². The third-order valence-electron chi connectivity index (χ3n) is 10.5. The topological polar surface area (TPSA) is 152 Å². The number of hydrogen-bond acceptors (Lipinski definition) is 9. The first kappa shape index (κ1) is 38.0. The Hall–Kier alpha value is -5.34. The summed E-state index contributed by atoms with van der Waals surface area (Å²) >= 11 is 1.39. The minimum absolute atomic E-state index is 0.0234. The summed E-state index contributed by atoms with van der Waals surface area (Å²) in [6.07, 6.45) is 5.47. The van der Waals surface area contributed by atoms with Gasteiger partial charge in [-0.2, -0.15) is 0 Å². The van der Waals surface area contributed by atoms with Gasteiger partial charge < -0.3 is 24.2 Å². The van der Waals surface area contributed by atoms with Gasteiger partial charge in [-0.3, -0.25) is 24.3 Å². The number of aliphatic hydroxyl groups is 1. The molecule has 288 valence electrons. The molecule has 2 atom stereocenters. The van der Waals surface area contributed by atoms with Gasteiger partial charge >= 0.3 is 6.09 Å². The summed E-state index contributed by atoms with van der Waals surface area (Å²) in [7, 11) is 1.83. The number of benzene rings is 1. The van der Waals surface area contributed by atoms with E-state index in [0.29, 0.717) is 67.2 Å². The number of pyridine rings is 1. The maximum Gasteiger partial charge on any atom is 0.413 e. The number of thiophene rings is 1. The van der Waals surface area contributed by atoms with Crippen molar-refractivity contribution in [3.05, 3.63) is 99.7 Å². The summed E-state index contributed by atoms with van der Waals surface area (Å²) in [6.45, 7) is 8.99. The molecule has 4 aromatic heterocycles. The first-order valence-electron chi connectivity index (χ1n) is 18.6. The van der Waals surface area contributed by atoms with Crippen molar-refractivity contribution in [3.8, 4) is 10.4 Å². The number of likely N-dealkylation sites (tertiary alicyclic amines) is 2. The number of anilines is 1. The number of rotatable bonds is 7. The van der Waals surface area contributed by atoms with E-state index >= 15 is 0 Å². The third-order valence-corrected chi connectivity index (χ3v) is 11.8. The number of carbonyl (C=O) groups is 3. The molecular weight excluding hydrogens is 719 g/mol. The molecule has 14 heteroatoms. The van der Waals surface area contributed by atoms with E-state index in [0.717, 1.165) is 21.6 Å². The highest BCUT2D eigenvalue weighted by Crippen LogP contribution is 2.38. The van der Waals surface area contributed by atoms with Crippen LogP contribution < -0.4 is 10.9 Å². The van der Waals surface area contributed by atoms with Gasteiger partial charge in [-0.15, -0.1) is 11.3 Å². The van der Waals surface area contributed by atoms with Gasteiger partial charge in [-0.1, -0.05) is 30.3 Å². The fraction of sp³-hybridized carbons (Fsp3) is 0.415. The zero-order valence-corrected chi connectivity index (χ0v) is 32.6. The molecule has 0 unspecified atom stereocenters.